The Hall–Kier alpha value is -2.24. The highest BCUT2D eigenvalue weighted by atomic mass is 16.2. The van der Waals surface area contributed by atoms with Gasteiger partial charge in [-0.05, 0) is 31.0 Å². The first-order valence-corrected chi connectivity index (χ1v) is 7.13. The maximum absolute atomic E-state index is 12.1. The number of carbonyl (C=O) groups is 2. The maximum Gasteiger partial charge on any atom is 0.251 e. The standard InChI is InChI=1S/C15H22N4O2/c1-17-15(21)11-5-6-13(12(16)9-11)18(2)10-14(20)19-7-3-4-8-19/h5-6,9H,3-4,7-8,10,16H2,1-2H3,(H,17,21). The van der Waals surface area contributed by atoms with Crippen LogP contribution in [-0.4, -0.2) is 50.4 Å². The Morgan fingerprint density at radius 3 is 2.57 bits per heavy atom. The van der Waals surface area contributed by atoms with Gasteiger partial charge in [0.2, 0.25) is 5.91 Å². The molecule has 1 aromatic rings. The topological polar surface area (TPSA) is 78.7 Å². The number of nitrogens with two attached hydrogens (primary N) is 1. The van der Waals surface area contributed by atoms with Gasteiger partial charge in [0.15, 0.2) is 0 Å². The van der Waals surface area contributed by atoms with Crippen molar-refractivity contribution in [2.24, 2.45) is 0 Å². The van der Waals surface area contributed by atoms with Gasteiger partial charge in [-0.2, -0.15) is 0 Å². The van der Waals surface area contributed by atoms with E-state index in [4.69, 9.17) is 5.73 Å². The molecular weight excluding hydrogens is 268 g/mol. The van der Waals surface area contributed by atoms with Gasteiger partial charge < -0.3 is 20.9 Å². The number of hydrogen-bond acceptors (Lipinski definition) is 4. The smallest absolute Gasteiger partial charge is 0.251 e. The molecule has 0 radical (unpaired) electrons. The monoisotopic (exact) mass is 290 g/mol. The van der Waals surface area contributed by atoms with Gasteiger partial charge in [-0.15, -0.1) is 0 Å². The summed E-state index contributed by atoms with van der Waals surface area (Å²) in [6, 6.07) is 5.11. The lowest BCUT2D eigenvalue weighted by Crippen LogP contribution is -2.37. The van der Waals surface area contributed by atoms with E-state index in [-0.39, 0.29) is 11.8 Å². The molecule has 1 heterocycles. The Kier molecular flexibility index (Phi) is 4.67. The van der Waals surface area contributed by atoms with Crippen LogP contribution in [0.25, 0.3) is 0 Å². The molecule has 1 aliphatic rings. The third-order valence-electron chi connectivity index (χ3n) is 3.76. The van der Waals surface area contributed by atoms with Crippen molar-refractivity contribution < 1.29 is 9.59 Å². The zero-order valence-corrected chi connectivity index (χ0v) is 12.6. The Balaban J connectivity index is 2.06. The van der Waals surface area contributed by atoms with Gasteiger partial charge in [0.05, 0.1) is 17.9 Å². The van der Waals surface area contributed by atoms with Crippen LogP contribution in [0, 0.1) is 0 Å². The summed E-state index contributed by atoms with van der Waals surface area (Å²) in [5, 5.41) is 2.56. The summed E-state index contributed by atoms with van der Waals surface area (Å²) in [5.74, 6) is -0.0613. The number of rotatable bonds is 4. The van der Waals surface area contributed by atoms with E-state index in [0.29, 0.717) is 17.8 Å². The lowest BCUT2D eigenvalue weighted by molar-refractivity contribution is -0.128. The number of likely N-dealkylation sites (N-methyl/N-ethyl adjacent to an activating group) is 1. The fourth-order valence-corrected chi connectivity index (χ4v) is 2.54. The van der Waals surface area contributed by atoms with Crippen molar-refractivity contribution in [1.82, 2.24) is 10.2 Å². The van der Waals surface area contributed by atoms with Crippen LogP contribution in [-0.2, 0) is 4.79 Å². The van der Waals surface area contributed by atoms with Crippen LogP contribution in [0.15, 0.2) is 18.2 Å². The van der Waals surface area contributed by atoms with Crippen molar-refractivity contribution in [3.63, 3.8) is 0 Å². The summed E-state index contributed by atoms with van der Waals surface area (Å²) < 4.78 is 0. The van der Waals surface area contributed by atoms with E-state index in [1.165, 1.54) is 0 Å². The quantitative estimate of drug-likeness (QED) is 0.800. The normalized spacial score (nSPS) is 14.1. The number of benzene rings is 1. The molecule has 1 aromatic carbocycles. The van der Waals surface area contributed by atoms with E-state index in [1.807, 2.05) is 16.8 Å². The number of nitrogens with one attached hydrogen (secondary N) is 1. The minimum atomic E-state index is -0.177. The predicted molar refractivity (Wildman–Crippen MR) is 83.3 cm³/mol. The minimum absolute atomic E-state index is 0.116. The summed E-state index contributed by atoms with van der Waals surface area (Å²) >= 11 is 0. The molecule has 6 nitrogen and oxygen atoms in total. The average molecular weight is 290 g/mol. The highest BCUT2D eigenvalue weighted by Gasteiger charge is 2.20. The second-order valence-corrected chi connectivity index (χ2v) is 5.30. The number of likely N-dealkylation sites (tertiary alicyclic amines) is 1. The minimum Gasteiger partial charge on any atom is -0.397 e. The predicted octanol–water partition coefficient (Wildman–Crippen LogP) is 0.687. The number of nitrogen functional groups attached to an aromatic ring is 1. The van der Waals surface area contributed by atoms with Crippen LogP contribution in [0.3, 0.4) is 0 Å². The van der Waals surface area contributed by atoms with Gasteiger partial charge in [-0.1, -0.05) is 0 Å². The maximum atomic E-state index is 12.1. The molecule has 1 fully saturated rings. The Labute approximate surface area is 124 Å². The lowest BCUT2D eigenvalue weighted by atomic mass is 10.1. The van der Waals surface area contributed by atoms with E-state index in [2.05, 4.69) is 5.32 Å². The molecule has 2 amide bonds. The molecule has 0 unspecified atom stereocenters. The summed E-state index contributed by atoms with van der Waals surface area (Å²) in [7, 11) is 3.41. The van der Waals surface area contributed by atoms with Gasteiger partial charge in [0.25, 0.3) is 5.91 Å². The van der Waals surface area contributed by atoms with Crippen molar-refractivity contribution in [1.29, 1.82) is 0 Å². The third-order valence-corrected chi connectivity index (χ3v) is 3.76. The van der Waals surface area contributed by atoms with E-state index in [0.717, 1.165) is 31.6 Å². The SMILES string of the molecule is CNC(=O)c1ccc(N(C)CC(=O)N2CCCC2)c(N)c1. The van der Waals surface area contributed by atoms with Gasteiger partial charge in [0.1, 0.15) is 0 Å². The van der Waals surface area contributed by atoms with E-state index in [9.17, 15) is 9.59 Å². The molecule has 0 spiro atoms. The molecule has 114 valence electrons. The van der Waals surface area contributed by atoms with Crippen molar-refractivity contribution in [3.05, 3.63) is 23.8 Å². The largest absolute Gasteiger partial charge is 0.397 e. The van der Waals surface area contributed by atoms with Gasteiger partial charge in [0, 0.05) is 32.7 Å². The molecule has 1 aliphatic heterocycles. The zero-order chi connectivity index (χ0) is 15.4. The summed E-state index contributed by atoms with van der Waals surface area (Å²) in [5.41, 5.74) is 7.76. The number of nitrogens with zero attached hydrogens (tertiary/aromatic N) is 2. The lowest BCUT2D eigenvalue weighted by Gasteiger charge is -2.24. The highest BCUT2D eigenvalue weighted by Crippen LogP contribution is 2.23. The summed E-state index contributed by atoms with van der Waals surface area (Å²) in [4.78, 5) is 27.4. The van der Waals surface area contributed by atoms with Crippen LogP contribution in [0.4, 0.5) is 11.4 Å². The van der Waals surface area contributed by atoms with Crippen molar-refractivity contribution >= 4 is 23.2 Å². The first-order valence-electron chi connectivity index (χ1n) is 7.13. The molecule has 2 rings (SSSR count). The fraction of sp³-hybridized carbons (Fsp3) is 0.467. The molecule has 1 saturated heterocycles. The molecule has 0 saturated carbocycles. The van der Waals surface area contributed by atoms with Gasteiger partial charge in [-0.25, -0.2) is 0 Å². The highest BCUT2D eigenvalue weighted by molar-refractivity contribution is 5.96. The van der Waals surface area contributed by atoms with Crippen LogP contribution in [0.1, 0.15) is 23.2 Å². The number of carbonyl (C=O) groups excluding carboxylic acids is 2. The van der Waals surface area contributed by atoms with E-state index in [1.54, 1.807) is 25.2 Å². The fourth-order valence-electron chi connectivity index (χ4n) is 2.54. The first-order chi connectivity index (χ1) is 10.0. The Morgan fingerprint density at radius 2 is 2.00 bits per heavy atom. The molecule has 0 aromatic heterocycles. The van der Waals surface area contributed by atoms with Gasteiger partial charge >= 0.3 is 0 Å². The molecule has 21 heavy (non-hydrogen) atoms. The number of anilines is 2. The van der Waals surface area contributed by atoms with Gasteiger partial charge in [-0.3, -0.25) is 9.59 Å². The molecule has 0 aliphatic carbocycles. The first kappa shape index (κ1) is 15.2. The molecule has 0 atom stereocenters. The summed E-state index contributed by atoms with van der Waals surface area (Å²) in [6.45, 7) is 1.99. The van der Waals surface area contributed by atoms with Crippen LogP contribution >= 0.6 is 0 Å². The second-order valence-electron chi connectivity index (χ2n) is 5.30. The van der Waals surface area contributed by atoms with Crippen LogP contribution in [0.2, 0.25) is 0 Å². The number of amides is 2. The van der Waals surface area contributed by atoms with E-state index < -0.39 is 0 Å². The molecular formula is C15H22N4O2. The Morgan fingerprint density at radius 1 is 1.33 bits per heavy atom. The van der Waals surface area contributed by atoms with Crippen molar-refractivity contribution in [3.8, 4) is 0 Å². The molecule has 3 N–H and O–H groups in total. The zero-order valence-electron chi connectivity index (χ0n) is 12.6. The molecule has 6 heteroatoms. The third kappa shape index (κ3) is 3.45. The van der Waals surface area contributed by atoms with Crippen molar-refractivity contribution in [2.45, 2.75) is 12.8 Å². The summed E-state index contributed by atoms with van der Waals surface area (Å²) in [6.07, 6.45) is 2.16. The van der Waals surface area contributed by atoms with Crippen LogP contribution < -0.4 is 16.0 Å². The molecule has 0 bridgehead atoms. The Bertz CT molecular complexity index is 538. The number of hydrogen-bond donors (Lipinski definition) is 2. The van der Waals surface area contributed by atoms with E-state index >= 15 is 0 Å². The second kappa shape index (κ2) is 6.47. The van der Waals surface area contributed by atoms with Crippen LogP contribution in [0.5, 0.6) is 0 Å². The average Bonchev–Trinajstić information content (AvgIpc) is 3.00. The van der Waals surface area contributed by atoms with Crippen molar-refractivity contribution in [2.75, 3.05) is 44.4 Å².